The minimum Gasteiger partial charge on any atom is -0.480 e. The molecule has 1 aromatic rings. The summed E-state index contributed by atoms with van der Waals surface area (Å²) in [7, 11) is 0. The van der Waals surface area contributed by atoms with Gasteiger partial charge in [0.2, 0.25) is 0 Å². The molecule has 28 heavy (non-hydrogen) atoms. The summed E-state index contributed by atoms with van der Waals surface area (Å²) in [5, 5.41) is 21.4. The van der Waals surface area contributed by atoms with Gasteiger partial charge in [0, 0.05) is 26.2 Å². The van der Waals surface area contributed by atoms with E-state index in [-0.39, 0.29) is 5.75 Å². The molecule has 1 aromatic carbocycles. The van der Waals surface area contributed by atoms with Crippen molar-refractivity contribution in [3.63, 3.8) is 0 Å². The third-order valence-electron chi connectivity index (χ3n) is 3.67. The van der Waals surface area contributed by atoms with Crippen LogP contribution in [0.4, 0.5) is 4.79 Å². The number of carbonyl (C=O) groups is 4. The number of nitrogens with one attached hydrogen (secondary N) is 3. The molecule has 12 nitrogen and oxygen atoms in total. The van der Waals surface area contributed by atoms with Crippen LogP contribution in [0.5, 0.6) is 5.75 Å². The summed E-state index contributed by atoms with van der Waals surface area (Å²) in [4.78, 5) is 48.6. The molecule has 1 unspecified atom stereocenters. The van der Waals surface area contributed by atoms with Crippen molar-refractivity contribution in [1.82, 2.24) is 21.1 Å². The zero-order valence-corrected chi connectivity index (χ0v) is 14.7. The number of urea groups is 1. The molecule has 12 heteroatoms. The summed E-state index contributed by atoms with van der Waals surface area (Å²) < 4.78 is 9.97. The summed E-state index contributed by atoms with van der Waals surface area (Å²) in [6, 6.07) is 6.71. The van der Waals surface area contributed by atoms with E-state index in [4.69, 9.17) is 14.6 Å². The normalized spacial score (nSPS) is 15.8. The highest BCUT2D eigenvalue weighted by molar-refractivity contribution is 6.04. The molecule has 3 amide bonds. The standard InChI is InChI=1S/C16H20N4O8/c21-12(22)10-27-16(14(24)25,28-11-4-2-1-3-5-11)13(23)18-19-15(26)20-8-6-17-7-9-20/h1-5,17H,6-10H2,(H,18,23)(H,19,26)(H,21,22)(H,24,25). The molecule has 1 fully saturated rings. The minimum absolute atomic E-state index is 0.0566. The second kappa shape index (κ2) is 9.53. The maximum Gasteiger partial charge on any atom is 0.394 e. The molecule has 1 atom stereocenters. The minimum atomic E-state index is -3.03. The van der Waals surface area contributed by atoms with Crippen molar-refractivity contribution >= 4 is 23.9 Å². The molecule has 1 aliphatic heterocycles. The Hall–Kier alpha value is -3.38. The van der Waals surface area contributed by atoms with Crippen molar-refractivity contribution in [3.05, 3.63) is 30.3 Å². The number of carboxylic acid groups (broad SMARTS) is 2. The van der Waals surface area contributed by atoms with Gasteiger partial charge in [0.25, 0.3) is 0 Å². The molecule has 1 aliphatic rings. The number of carbonyl (C=O) groups excluding carboxylic acids is 2. The number of ether oxygens (including phenoxy) is 2. The highest BCUT2D eigenvalue weighted by Crippen LogP contribution is 2.21. The number of aliphatic carboxylic acids is 2. The molecular weight excluding hydrogens is 376 g/mol. The van der Waals surface area contributed by atoms with Crippen LogP contribution >= 0.6 is 0 Å². The van der Waals surface area contributed by atoms with E-state index in [2.05, 4.69) is 10.7 Å². The van der Waals surface area contributed by atoms with Crippen molar-refractivity contribution in [2.75, 3.05) is 32.8 Å². The SMILES string of the molecule is O=C(O)COC(Oc1ccccc1)(C(=O)O)C(=O)NNC(=O)N1CCNCC1. The van der Waals surface area contributed by atoms with E-state index in [1.54, 1.807) is 6.07 Å². The first-order valence-electron chi connectivity index (χ1n) is 8.24. The molecule has 152 valence electrons. The molecule has 0 aromatic heterocycles. The van der Waals surface area contributed by atoms with E-state index in [9.17, 15) is 24.3 Å². The lowest BCUT2D eigenvalue weighted by Gasteiger charge is -2.30. The summed E-state index contributed by atoms with van der Waals surface area (Å²) in [5.41, 5.74) is 4.00. The van der Waals surface area contributed by atoms with E-state index in [1.807, 2.05) is 5.43 Å². The van der Waals surface area contributed by atoms with Crippen LogP contribution in [0.15, 0.2) is 30.3 Å². The third-order valence-corrected chi connectivity index (χ3v) is 3.67. The van der Waals surface area contributed by atoms with E-state index in [0.717, 1.165) is 0 Å². The van der Waals surface area contributed by atoms with Gasteiger partial charge in [0.1, 0.15) is 12.4 Å². The van der Waals surface area contributed by atoms with Crippen LogP contribution in [-0.2, 0) is 19.1 Å². The zero-order chi connectivity index (χ0) is 20.6. The zero-order valence-electron chi connectivity index (χ0n) is 14.7. The van der Waals surface area contributed by atoms with Gasteiger partial charge in [-0.15, -0.1) is 0 Å². The molecule has 0 saturated carbocycles. The topological polar surface area (TPSA) is 167 Å². The number of piperazine rings is 1. The number of hydrazine groups is 1. The van der Waals surface area contributed by atoms with Gasteiger partial charge in [-0.25, -0.2) is 19.8 Å². The van der Waals surface area contributed by atoms with E-state index >= 15 is 0 Å². The van der Waals surface area contributed by atoms with E-state index in [0.29, 0.717) is 26.2 Å². The van der Waals surface area contributed by atoms with Crippen LogP contribution in [0.1, 0.15) is 0 Å². The number of para-hydroxylation sites is 1. The Kier molecular flexibility index (Phi) is 7.12. The number of hydrogen-bond acceptors (Lipinski definition) is 7. The molecule has 0 radical (unpaired) electrons. The predicted octanol–water partition coefficient (Wildman–Crippen LogP) is -1.41. The number of nitrogens with zero attached hydrogens (tertiary/aromatic N) is 1. The van der Waals surface area contributed by atoms with Crippen LogP contribution in [-0.4, -0.2) is 77.6 Å². The van der Waals surface area contributed by atoms with Gasteiger partial charge in [-0.1, -0.05) is 18.2 Å². The molecule has 1 saturated heterocycles. The first-order valence-corrected chi connectivity index (χ1v) is 8.24. The second-order valence-electron chi connectivity index (χ2n) is 5.64. The Balaban J connectivity index is 2.15. The van der Waals surface area contributed by atoms with Crippen LogP contribution in [0, 0.1) is 0 Å². The average molecular weight is 396 g/mol. The van der Waals surface area contributed by atoms with Crippen molar-refractivity contribution < 1.29 is 38.9 Å². The predicted molar refractivity (Wildman–Crippen MR) is 92.1 cm³/mol. The van der Waals surface area contributed by atoms with Gasteiger partial charge in [-0.05, 0) is 12.1 Å². The average Bonchev–Trinajstić information content (AvgIpc) is 2.70. The van der Waals surface area contributed by atoms with Crippen molar-refractivity contribution in [2.45, 2.75) is 5.79 Å². The number of hydrogen-bond donors (Lipinski definition) is 5. The largest absolute Gasteiger partial charge is 0.480 e. The van der Waals surface area contributed by atoms with E-state index < -0.39 is 36.3 Å². The molecule has 0 spiro atoms. The molecule has 0 aliphatic carbocycles. The van der Waals surface area contributed by atoms with Gasteiger partial charge < -0.3 is 29.9 Å². The number of amides is 3. The Morgan fingerprint density at radius 1 is 1.07 bits per heavy atom. The fourth-order valence-electron chi connectivity index (χ4n) is 2.30. The Morgan fingerprint density at radius 2 is 1.71 bits per heavy atom. The van der Waals surface area contributed by atoms with Crippen molar-refractivity contribution in [2.24, 2.45) is 0 Å². The molecule has 1 heterocycles. The summed E-state index contributed by atoms with van der Waals surface area (Å²) in [5.74, 6) is -7.91. The van der Waals surface area contributed by atoms with Crippen LogP contribution in [0.25, 0.3) is 0 Å². The lowest BCUT2D eigenvalue weighted by molar-refractivity contribution is -0.214. The lowest BCUT2D eigenvalue weighted by atomic mass is 10.2. The monoisotopic (exact) mass is 396 g/mol. The van der Waals surface area contributed by atoms with E-state index in [1.165, 1.54) is 29.2 Å². The summed E-state index contributed by atoms with van der Waals surface area (Å²) >= 11 is 0. The highest BCUT2D eigenvalue weighted by atomic mass is 16.7. The molecule has 0 bridgehead atoms. The fraction of sp³-hybridized carbons (Fsp3) is 0.375. The first kappa shape index (κ1) is 20.9. The highest BCUT2D eigenvalue weighted by Gasteiger charge is 2.52. The molecular formula is C16H20N4O8. The molecule has 2 rings (SSSR count). The van der Waals surface area contributed by atoms with Crippen LogP contribution in [0.3, 0.4) is 0 Å². The number of rotatable bonds is 7. The van der Waals surface area contributed by atoms with Gasteiger partial charge >= 0.3 is 29.7 Å². The van der Waals surface area contributed by atoms with Gasteiger partial charge in [0.15, 0.2) is 0 Å². The first-order chi connectivity index (χ1) is 13.3. The maximum atomic E-state index is 12.5. The summed E-state index contributed by atoms with van der Waals surface area (Å²) in [6.45, 7) is 0.792. The third kappa shape index (κ3) is 5.31. The quantitative estimate of drug-likeness (QED) is 0.211. The van der Waals surface area contributed by atoms with Gasteiger partial charge in [-0.2, -0.15) is 0 Å². The Labute approximate surface area is 159 Å². The van der Waals surface area contributed by atoms with Crippen LogP contribution in [0.2, 0.25) is 0 Å². The fourth-order valence-corrected chi connectivity index (χ4v) is 2.30. The summed E-state index contributed by atoms with van der Waals surface area (Å²) in [6.07, 6.45) is 0. The second-order valence-corrected chi connectivity index (χ2v) is 5.64. The molecule has 5 N–H and O–H groups in total. The van der Waals surface area contributed by atoms with Crippen molar-refractivity contribution in [1.29, 1.82) is 0 Å². The maximum absolute atomic E-state index is 12.5. The number of benzene rings is 1. The van der Waals surface area contributed by atoms with Crippen molar-refractivity contribution in [3.8, 4) is 5.75 Å². The number of carboxylic acids is 2. The van der Waals surface area contributed by atoms with Gasteiger partial charge in [0.05, 0.1) is 0 Å². The Morgan fingerprint density at radius 3 is 2.29 bits per heavy atom. The smallest absolute Gasteiger partial charge is 0.394 e. The lowest BCUT2D eigenvalue weighted by Crippen LogP contribution is -2.63. The van der Waals surface area contributed by atoms with Crippen LogP contribution < -0.4 is 20.9 Å². The Bertz CT molecular complexity index is 723. The van der Waals surface area contributed by atoms with Gasteiger partial charge in [-0.3, -0.25) is 10.2 Å².